The second-order valence-electron chi connectivity index (χ2n) is 5.27. The maximum atomic E-state index is 12.3. The number of fused-ring (bicyclic) bond motifs is 2. The number of carbonyl (C=O) groups excluding carboxylic acids is 2. The highest BCUT2D eigenvalue weighted by molar-refractivity contribution is 6.21. The van der Waals surface area contributed by atoms with Crippen molar-refractivity contribution >= 4 is 22.8 Å². The fourth-order valence-electron chi connectivity index (χ4n) is 2.89. The van der Waals surface area contributed by atoms with Gasteiger partial charge >= 0.3 is 0 Å². The maximum Gasteiger partial charge on any atom is 0.261 e. The predicted octanol–water partition coefficient (Wildman–Crippen LogP) is 2.40. The highest BCUT2D eigenvalue weighted by Crippen LogP contribution is 2.23. The van der Waals surface area contributed by atoms with Crippen LogP contribution in [-0.2, 0) is 6.42 Å². The van der Waals surface area contributed by atoms with Crippen molar-refractivity contribution in [1.29, 1.82) is 0 Å². The van der Waals surface area contributed by atoms with E-state index in [9.17, 15) is 9.59 Å². The third-order valence-electron chi connectivity index (χ3n) is 4.02. The number of aromatic amines is 1. The zero-order chi connectivity index (χ0) is 15.1. The molecule has 0 unspecified atom stereocenters. The summed E-state index contributed by atoms with van der Waals surface area (Å²) in [6, 6.07) is 10.8. The first-order valence-corrected chi connectivity index (χ1v) is 7.12. The zero-order valence-electron chi connectivity index (χ0n) is 11.7. The van der Waals surface area contributed by atoms with E-state index in [0.717, 1.165) is 16.6 Å². The Bertz CT molecular complexity index is 863. The summed E-state index contributed by atoms with van der Waals surface area (Å²) in [4.78, 5) is 33.3. The molecule has 3 aromatic rings. The zero-order valence-corrected chi connectivity index (χ0v) is 11.7. The van der Waals surface area contributed by atoms with Gasteiger partial charge in [-0.3, -0.25) is 14.5 Å². The highest BCUT2D eigenvalue weighted by atomic mass is 16.2. The molecule has 108 valence electrons. The smallest absolute Gasteiger partial charge is 0.261 e. The van der Waals surface area contributed by atoms with Crippen LogP contribution in [0.5, 0.6) is 0 Å². The molecule has 4 rings (SSSR count). The molecule has 0 bridgehead atoms. The second kappa shape index (κ2) is 4.80. The molecule has 1 aliphatic rings. The van der Waals surface area contributed by atoms with Gasteiger partial charge in [0, 0.05) is 24.3 Å². The number of nitrogens with one attached hydrogen (secondary N) is 1. The SMILES string of the molecule is O=C1c2ccccc2C(=O)N1CCc1c[nH]c2ncccc12. The summed E-state index contributed by atoms with van der Waals surface area (Å²) >= 11 is 0. The van der Waals surface area contributed by atoms with E-state index in [0.29, 0.717) is 24.1 Å². The lowest BCUT2D eigenvalue weighted by atomic mass is 10.1. The standard InChI is InChI=1S/C17H13N3O2/c21-16-13-4-1-2-5-14(13)17(22)20(16)9-7-11-10-19-15-12(11)6-3-8-18-15/h1-6,8,10H,7,9H2,(H,18,19). The summed E-state index contributed by atoms with van der Waals surface area (Å²) in [5.41, 5.74) is 2.86. The monoisotopic (exact) mass is 291 g/mol. The number of hydrogen-bond acceptors (Lipinski definition) is 3. The van der Waals surface area contributed by atoms with Crippen molar-refractivity contribution in [2.75, 3.05) is 6.54 Å². The molecule has 3 heterocycles. The topological polar surface area (TPSA) is 66.1 Å². The number of hydrogen-bond donors (Lipinski definition) is 1. The Morgan fingerprint density at radius 1 is 1.00 bits per heavy atom. The van der Waals surface area contributed by atoms with Gasteiger partial charge in [-0.25, -0.2) is 4.98 Å². The van der Waals surface area contributed by atoms with Crippen LogP contribution in [0.3, 0.4) is 0 Å². The third-order valence-corrected chi connectivity index (χ3v) is 4.02. The number of imide groups is 1. The number of amides is 2. The molecule has 0 saturated heterocycles. The lowest BCUT2D eigenvalue weighted by Crippen LogP contribution is -2.31. The fourth-order valence-corrected chi connectivity index (χ4v) is 2.89. The van der Waals surface area contributed by atoms with Crippen LogP contribution in [0, 0.1) is 0 Å². The molecular formula is C17H13N3O2. The van der Waals surface area contributed by atoms with Crippen LogP contribution < -0.4 is 0 Å². The summed E-state index contributed by atoms with van der Waals surface area (Å²) in [6.45, 7) is 0.369. The van der Waals surface area contributed by atoms with E-state index in [1.165, 1.54) is 4.90 Å². The van der Waals surface area contributed by atoms with Gasteiger partial charge in [-0.2, -0.15) is 0 Å². The first-order chi connectivity index (χ1) is 10.8. The molecule has 5 heteroatoms. The predicted molar refractivity (Wildman–Crippen MR) is 81.6 cm³/mol. The van der Waals surface area contributed by atoms with Gasteiger partial charge in [0.2, 0.25) is 0 Å². The van der Waals surface area contributed by atoms with Gasteiger partial charge in [0.1, 0.15) is 5.65 Å². The number of benzene rings is 1. The first-order valence-electron chi connectivity index (χ1n) is 7.12. The molecule has 1 N–H and O–H groups in total. The summed E-state index contributed by atoms with van der Waals surface area (Å²) in [5, 5.41) is 1.03. The Labute approximate surface area is 126 Å². The van der Waals surface area contributed by atoms with Crippen molar-refractivity contribution in [1.82, 2.24) is 14.9 Å². The average Bonchev–Trinajstić information content (AvgIpc) is 3.07. The summed E-state index contributed by atoms with van der Waals surface area (Å²) in [5.74, 6) is -0.419. The molecule has 1 aromatic carbocycles. The van der Waals surface area contributed by atoms with Crippen molar-refractivity contribution < 1.29 is 9.59 Å². The van der Waals surface area contributed by atoms with Gasteiger partial charge in [0.05, 0.1) is 11.1 Å². The largest absolute Gasteiger partial charge is 0.346 e. The highest BCUT2D eigenvalue weighted by Gasteiger charge is 2.34. The molecule has 5 nitrogen and oxygen atoms in total. The normalized spacial score (nSPS) is 13.9. The Morgan fingerprint density at radius 3 is 2.45 bits per heavy atom. The Hall–Kier alpha value is -2.95. The minimum atomic E-state index is -0.210. The Balaban J connectivity index is 1.58. The lowest BCUT2D eigenvalue weighted by Gasteiger charge is -2.13. The van der Waals surface area contributed by atoms with E-state index in [1.54, 1.807) is 30.5 Å². The second-order valence-corrected chi connectivity index (χ2v) is 5.27. The molecule has 0 spiro atoms. The van der Waals surface area contributed by atoms with E-state index in [-0.39, 0.29) is 11.8 Å². The summed E-state index contributed by atoms with van der Waals surface area (Å²) < 4.78 is 0. The molecule has 2 aromatic heterocycles. The molecule has 0 saturated carbocycles. The third kappa shape index (κ3) is 1.83. The van der Waals surface area contributed by atoms with Crippen LogP contribution in [0.1, 0.15) is 26.3 Å². The van der Waals surface area contributed by atoms with Crippen LogP contribution >= 0.6 is 0 Å². The van der Waals surface area contributed by atoms with Gasteiger partial charge < -0.3 is 4.98 Å². The number of nitrogens with zero attached hydrogens (tertiary/aromatic N) is 2. The van der Waals surface area contributed by atoms with E-state index < -0.39 is 0 Å². The van der Waals surface area contributed by atoms with E-state index in [4.69, 9.17) is 0 Å². The Kier molecular flexibility index (Phi) is 2.79. The molecular weight excluding hydrogens is 278 g/mol. The van der Waals surface area contributed by atoms with Gasteiger partial charge in [-0.1, -0.05) is 12.1 Å². The van der Waals surface area contributed by atoms with Crippen molar-refractivity contribution in [3.8, 4) is 0 Å². The van der Waals surface area contributed by atoms with Gasteiger partial charge in [0.15, 0.2) is 0 Å². The van der Waals surface area contributed by atoms with Crippen LogP contribution in [0.15, 0.2) is 48.8 Å². The maximum absolute atomic E-state index is 12.3. The van der Waals surface area contributed by atoms with Crippen molar-refractivity contribution in [3.05, 3.63) is 65.5 Å². The minimum absolute atomic E-state index is 0.210. The first kappa shape index (κ1) is 12.8. The molecule has 1 aliphatic heterocycles. The quantitative estimate of drug-likeness (QED) is 0.754. The van der Waals surface area contributed by atoms with Crippen molar-refractivity contribution in [2.45, 2.75) is 6.42 Å². The number of rotatable bonds is 3. The minimum Gasteiger partial charge on any atom is -0.346 e. The lowest BCUT2D eigenvalue weighted by molar-refractivity contribution is 0.0656. The number of carbonyl (C=O) groups is 2. The van der Waals surface area contributed by atoms with Crippen molar-refractivity contribution in [3.63, 3.8) is 0 Å². The summed E-state index contributed by atoms with van der Waals surface area (Å²) in [7, 11) is 0. The van der Waals surface area contributed by atoms with Crippen LogP contribution in [0.25, 0.3) is 11.0 Å². The van der Waals surface area contributed by atoms with Crippen LogP contribution in [0.2, 0.25) is 0 Å². The average molecular weight is 291 g/mol. The molecule has 0 atom stereocenters. The van der Waals surface area contributed by atoms with E-state index >= 15 is 0 Å². The summed E-state index contributed by atoms with van der Waals surface area (Å²) in [6.07, 6.45) is 4.22. The van der Waals surface area contributed by atoms with Crippen LogP contribution in [0.4, 0.5) is 0 Å². The van der Waals surface area contributed by atoms with E-state index in [2.05, 4.69) is 9.97 Å². The van der Waals surface area contributed by atoms with Gasteiger partial charge in [-0.15, -0.1) is 0 Å². The van der Waals surface area contributed by atoms with Crippen LogP contribution in [-0.4, -0.2) is 33.2 Å². The number of H-pyrrole nitrogens is 1. The Morgan fingerprint density at radius 2 is 1.73 bits per heavy atom. The fraction of sp³-hybridized carbons (Fsp3) is 0.118. The molecule has 22 heavy (non-hydrogen) atoms. The molecule has 0 aliphatic carbocycles. The molecule has 0 radical (unpaired) electrons. The van der Waals surface area contributed by atoms with E-state index in [1.807, 2.05) is 18.3 Å². The number of pyridine rings is 1. The van der Waals surface area contributed by atoms with Gasteiger partial charge in [-0.05, 0) is 36.2 Å². The molecule has 2 amide bonds. The molecule has 0 fully saturated rings. The number of aromatic nitrogens is 2. The van der Waals surface area contributed by atoms with Gasteiger partial charge in [0.25, 0.3) is 11.8 Å². The van der Waals surface area contributed by atoms with Crippen molar-refractivity contribution in [2.24, 2.45) is 0 Å².